The Morgan fingerprint density at radius 1 is 0.550 bits per heavy atom. The highest BCUT2D eigenvalue weighted by Crippen LogP contribution is 2.47. The van der Waals surface area contributed by atoms with E-state index in [9.17, 15) is 10.2 Å². The number of hydrogen-bond donors (Lipinski definition) is 2. The first-order chi connectivity index (χ1) is 18.3. The molecule has 2 N–H and O–H groups in total. The highest BCUT2D eigenvalue weighted by atomic mass is 16.3. The number of unbranched alkanes of at least 4 members (excludes halogenated alkanes) is 4. The molecule has 0 saturated heterocycles. The second-order valence-corrected chi connectivity index (χ2v) is 15.8. The summed E-state index contributed by atoms with van der Waals surface area (Å²) in [6, 6.07) is 8.95. The first kappa shape index (κ1) is 34.2. The third kappa shape index (κ3) is 8.07. The van der Waals surface area contributed by atoms with Crippen LogP contribution >= 0.6 is 0 Å². The zero-order chi connectivity index (χ0) is 30.7. The Bertz CT molecular complexity index is 1030. The van der Waals surface area contributed by atoms with Crippen molar-refractivity contribution < 1.29 is 10.2 Å². The van der Waals surface area contributed by atoms with Crippen molar-refractivity contribution in [1.29, 1.82) is 0 Å². The summed E-state index contributed by atoms with van der Waals surface area (Å²) in [4.78, 5) is 0. The van der Waals surface area contributed by atoms with Crippen molar-refractivity contribution >= 4 is 0 Å². The second-order valence-electron chi connectivity index (χ2n) is 15.8. The Morgan fingerprint density at radius 2 is 0.875 bits per heavy atom. The van der Waals surface area contributed by atoms with Gasteiger partial charge in [0.05, 0.1) is 0 Å². The normalized spacial score (nSPS) is 13.3. The molecular weight excluding hydrogens is 488 g/mol. The first-order valence-corrected chi connectivity index (χ1v) is 16.0. The van der Waals surface area contributed by atoms with Gasteiger partial charge in [0.1, 0.15) is 11.5 Å². The fourth-order valence-corrected chi connectivity index (χ4v) is 5.99. The van der Waals surface area contributed by atoms with E-state index in [2.05, 4.69) is 114 Å². The quantitative estimate of drug-likeness (QED) is 0.258. The SMILES string of the molecule is CCCCCC(C)(C)c1cc(C(C)c2cc(C(C)(C)CCCCC)cc(C(C)(C)C)c2O)c(O)c(C(C)(C)C)c1. The topological polar surface area (TPSA) is 40.5 Å². The van der Waals surface area contributed by atoms with Gasteiger partial charge < -0.3 is 10.2 Å². The van der Waals surface area contributed by atoms with Crippen molar-refractivity contribution in [2.45, 2.75) is 169 Å². The molecule has 0 spiro atoms. The van der Waals surface area contributed by atoms with E-state index in [0.717, 1.165) is 35.1 Å². The van der Waals surface area contributed by atoms with Gasteiger partial charge in [-0.2, -0.15) is 0 Å². The maximum Gasteiger partial charge on any atom is 0.123 e. The maximum absolute atomic E-state index is 11.8. The van der Waals surface area contributed by atoms with E-state index in [1.54, 1.807) is 0 Å². The molecule has 40 heavy (non-hydrogen) atoms. The van der Waals surface area contributed by atoms with E-state index in [-0.39, 0.29) is 27.6 Å². The lowest BCUT2D eigenvalue weighted by Gasteiger charge is -2.33. The highest BCUT2D eigenvalue weighted by molar-refractivity contribution is 5.57. The molecule has 0 fully saturated rings. The van der Waals surface area contributed by atoms with Crippen LogP contribution < -0.4 is 0 Å². The largest absolute Gasteiger partial charge is 0.507 e. The van der Waals surface area contributed by atoms with Crippen molar-refractivity contribution in [3.05, 3.63) is 57.6 Å². The van der Waals surface area contributed by atoms with Crippen LogP contribution in [0.3, 0.4) is 0 Å². The van der Waals surface area contributed by atoms with Crippen LogP contribution in [0.2, 0.25) is 0 Å². The zero-order valence-electron chi connectivity index (χ0n) is 28.4. The molecule has 2 rings (SSSR count). The van der Waals surface area contributed by atoms with Gasteiger partial charge in [0.25, 0.3) is 0 Å². The van der Waals surface area contributed by atoms with E-state index in [1.807, 2.05) is 0 Å². The Kier molecular flexibility index (Phi) is 11.1. The smallest absolute Gasteiger partial charge is 0.123 e. The van der Waals surface area contributed by atoms with Crippen LogP contribution in [0.4, 0.5) is 0 Å². The summed E-state index contributed by atoms with van der Waals surface area (Å²) < 4.78 is 0. The molecule has 0 atom stereocenters. The summed E-state index contributed by atoms with van der Waals surface area (Å²) in [5.41, 5.74) is 5.97. The van der Waals surface area contributed by atoms with Gasteiger partial charge in [0.2, 0.25) is 0 Å². The number of benzene rings is 2. The monoisotopic (exact) mass is 550 g/mol. The predicted molar refractivity (Wildman–Crippen MR) is 175 cm³/mol. The lowest BCUT2D eigenvalue weighted by molar-refractivity contribution is 0.420. The molecule has 0 radical (unpaired) electrons. The number of aromatic hydroxyl groups is 2. The average Bonchev–Trinajstić information content (AvgIpc) is 2.82. The molecule has 0 aliphatic carbocycles. The molecule has 0 aliphatic rings. The van der Waals surface area contributed by atoms with Crippen molar-refractivity contribution in [2.24, 2.45) is 0 Å². The lowest BCUT2D eigenvalue weighted by Crippen LogP contribution is -2.22. The number of hydrogen-bond acceptors (Lipinski definition) is 2. The molecule has 2 nitrogen and oxygen atoms in total. The second kappa shape index (κ2) is 12.9. The highest BCUT2D eigenvalue weighted by Gasteiger charge is 2.32. The van der Waals surface area contributed by atoms with E-state index >= 15 is 0 Å². The summed E-state index contributed by atoms with van der Waals surface area (Å²) in [5, 5.41) is 23.5. The lowest BCUT2D eigenvalue weighted by atomic mass is 9.72. The Morgan fingerprint density at radius 3 is 1.15 bits per heavy atom. The molecule has 0 heterocycles. The summed E-state index contributed by atoms with van der Waals surface area (Å²) in [5.74, 6) is 0.592. The molecule has 2 heteroatoms. The van der Waals surface area contributed by atoms with Crippen LogP contribution in [0.5, 0.6) is 11.5 Å². The van der Waals surface area contributed by atoms with Gasteiger partial charge >= 0.3 is 0 Å². The van der Waals surface area contributed by atoms with Gasteiger partial charge in [-0.05, 0) is 56.8 Å². The fourth-order valence-electron chi connectivity index (χ4n) is 5.99. The molecular formula is C38H62O2. The number of phenolic OH excluding ortho intramolecular Hbond substituents is 2. The fraction of sp³-hybridized carbons (Fsp3) is 0.684. The molecule has 0 saturated carbocycles. The van der Waals surface area contributed by atoms with E-state index < -0.39 is 0 Å². The van der Waals surface area contributed by atoms with Gasteiger partial charge in [-0.1, -0.05) is 153 Å². The van der Waals surface area contributed by atoms with Gasteiger partial charge in [-0.25, -0.2) is 0 Å². The molecule has 0 aromatic heterocycles. The predicted octanol–water partition coefficient (Wildman–Crippen LogP) is 11.6. The average molecular weight is 551 g/mol. The molecule has 2 aromatic carbocycles. The number of phenols is 2. The van der Waals surface area contributed by atoms with Gasteiger partial charge in [-0.3, -0.25) is 0 Å². The van der Waals surface area contributed by atoms with Crippen molar-refractivity contribution in [3.8, 4) is 11.5 Å². The minimum absolute atomic E-state index is 0.000921. The van der Waals surface area contributed by atoms with Gasteiger partial charge in [-0.15, -0.1) is 0 Å². The van der Waals surface area contributed by atoms with Gasteiger partial charge in [0.15, 0.2) is 0 Å². The van der Waals surface area contributed by atoms with Crippen molar-refractivity contribution in [2.75, 3.05) is 0 Å². The van der Waals surface area contributed by atoms with Gasteiger partial charge in [0, 0.05) is 17.0 Å². The number of rotatable bonds is 12. The summed E-state index contributed by atoms with van der Waals surface area (Å²) in [6.45, 7) is 29.1. The molecule has 2 aromatic rings. The van der Waals surface area contributed by atoms with Crippen LogP contribution in [0.15, 0.2) is 24.3 Å². The minimum atomic E-state index is -0.199. The molecule has 226 valence electrons. The summed E-state index contributed by atoms with van der Waals surface area (Å²) in [6.07, 6.45) is 9.52. The third-order valence-electron chi connectivity index (χ3n) is 9.20. The Balaban J connectivity index is 2.80. The minimum Gasteiger partial charge on any atom is -0.507 e. The molecule has 0 amide bonds. The van der Waals surface area contributed by atoms with Crippen LogP contribution in [-0.4, -0.2) is 10.2 Å². The maximum atomic E-state index is 11.8. The standard InChI is InChI=1S/C38H62O2/c1-14-16-18-20-37(10,11)27-22-29(33(39)31(24-27)35(4,5)6)26(3)30-23-28(38(12,13)21-19-17-15-2)25-32(34(30)40)36(7,8)9/h22-26,39-40H,14-21H2,1-13H3. The van der Waals surface area contributed by atoms with Crippen LogP contribution in [0.1, 0.15) is 181 Å². The molecule has 0 aliphatic heterocycles. The molecule has 0 unspecified atom stereocenters. The Labute approximate surface area is 248 Å². The van der Waals surface area contributed by atoms with E-state index in [1.165, 1.54) is 49.7 Å². The van der Waals surface area contributed by atoms with Crippen molar-refractivity contribution in [3.63, 3.8) is 0 Å². The summed E-state index contributed by atoms with van der Waals surface area (Å²) in [7, 11) is 0. The van der Waals surface area contributed by atoms with E-state index in [0.29, 0.717) is 11.5 Å². The van der Waals surface area contributed by atoms with E-state index in [4.69, 9.17) is 0 Å². The third-order valence-corrected chi connectivity index (χ3v) is 9.20. The Hall–Kier alpha value is -1.96. The summed E-state index contributed by atoms with van der Waals surface area (Å²) >= 11 is 0. The zero-order valence-corrected chi connectivity index (χ0v) is 28.4. The van der Waals surface area contributed by atoms with Crippen LogP contribution in [-0.2, 0) is 21.7 Å². The van der Waals surface area contributed by atoms with Crippen LogP contribution in [0, 0.1) is 0 Å². The molecule has 0 bridgehead atoms. The first-order valence-electron chi connectivity index (χ1n) is 16.0. The van der Waals surface area contributed by atoms with Crippen molar-refractivity contribution in [1.82, 2.24) is 0 Å². The van der Waals surface area contributed by atoms with Crippen LogP contribution in [0.25, 0.3) is 0 Å².